The molecule has 0 fully saturated rings. The molecule has 1 aliphatic heterocycles. The van der Waals surface area contributed by atoms with E-state index in [0.29, 0.717) is 23.6 Å². The molecule has 8 heteroatoms. The number of nitrogens with one attached hydrogen (secondary N) is 2. The first-order valence-electron chi connectivity index (χ1n) is 11.8. The fourth-order valence-electron chi connectivity index (χ4n) is 3.35. The van der Waals surface area contributed by atoms with E-state index < -0.39 is 6.23 Å². The molecule has 0 bridgehead atoms. The molecule has 0 spiro atoms. The van der Waals surface area contributed by atoms with Gasteiger partial charge in [0.2, 0.25) is 5.91 Å². The van der Waals surface area contributed by atoms with Crippen molar-refractivity contribution in [1.29, 1.82) is 0 Å². The Kier molecular flexibility index (Phi) is 10.6. The fourth-order valence-corrected chi connectivity index (χ4v) is 3.35. The maximum Gasteiger partial charge on any atom is 0.239 e. The van der Waals surface area contributed by atoms with Gasteiger partial charge in [0.15, 0.2) is 0 Å². The number of aliphatic hydroxyl groups is 1. The zero-order valence-electron chi connectivity index (χ0n) is 20.6. The molecule has 0 saturated carbocycles. The fraction of sp³-hybridized carbons (Fsp3) is 0.385. The van der Waals surface area contributed by atoms with E-state index in [-0.39, 0.29) is 18.5 Å². The molecule has 8 nitrogen and oxygen atoms in total. The van der Waals surface area contributed by atoms with Crippen LogP contribution in [-0.2, 0) is 4.79 Å². The largest absolute Gasteiger partial charge is 0.397 e. The van der Waals surface area contributed by atoms with Crippen molar-refractivity contribution in [3.8, 4) is 0 Å². The molecule has 2 atom stereocenters. The van der Waals surface area contributed by atoms with Crippen molar-refractivity contribution in [2.45, 2.75) is 46.4 Å². The monoisotopic (exact) mass is 466 g/mol. The number of nitrogens with two attached hydrogens (primary N) is 2. The number of amides is 1. The van der Waals surface area contributed by atoms with Crippen molar-refractivity contribution in [3.05, 3.63) is 65.2 Å². The Labute approximate surface area is 202 Å². The minimum atomic E-state index is -0.899. The number of anilines is 2. The summed E-state index contributed by atoms with van der Waals surface area (Å²) in [7, 11) is 0. The van der Waals surface area contributed by atoms with E-state index >= 15 is 0 Å². The van der Waals surface area contributed by atoms with Gasteiger partial charge in [-0.3, -0.25) is 4.79 Å². The van der Waals surface area contributed by atoms with Gasteiger partial charge < -0.3 is 32.1 Å². The van der Waals surface area contributed by atoms with Crippen LogP contribution in [0.4, 0.5) is 11.4 Å². The highest BCUT2D eigenvalue weighted by Gasteiger charge is 2.19. The average Bonchev–Trinajstić information content (AvgIpc) is 2.83. The van der Waals surface area contributed by atoms with Crippen LogP contribution in [0.5, 0.6) is 0 Å². The van der Waals surface area contributed by atoms with E-state index in [1.54, 1.807) is 12.1 Å². The van der Waals surface area contributed by atoms with E-state index in [4.69, 9.17) is 11.5 Å². The number of carbonyl (C=O) groups excluding carboxylic acids is 1. The molecule has 184 valence electrons. The predicted molar refractivity (Wildman–Crippen MR) is 141 cm³/mol. The van der Waals surface area contributed by atoms with Crippen molar-refractivity contribution in [2.75, 3.05) is 31.1 Å². The van der Waals surface area contributed by atoms with E-state index in [9.17, 15) is 9.90 Å². The minimum absolute atomic E-state index is 0.0386. The molecule has 1 aliphatic rings. The number of aliphatic imine (C=N–C) groups is 1. The van der Waals surface area contributed by atoms with Gasteiger partial charge in [0.25, 0.3) is 0 Å². The normalized spacial score (nSPS) is 15.7. The maximum atomic E-state index is 12.2. The van der Waals surface area contributed by atoms with Gasteiger partial charge in [-0.25, -0.2) is 4.99 Å². The van der Waals surface area contributed by atoms with Crippen LogP contribution < -0.4 is 22.1 Å². The third-order valence-corrected chi connectivity index (χ3v) is 5.40. The van der Waals surface area contributed by atoms with Crippen molar-refractivity contribution in [2.24, 2.45) is 4.99 Å². The van der Waals surface area contributed by atoms with Crippen LogP contribution in [-0.4, -0.2) is 48.1 Å². The molecule has 2 aromatic rings. The molecule has 1 heterocycles. The number of benzene rings is 2. The molecule has 0 radical (unpaired) electrons. The molecule has 2 unspecified atom stereocenters. The van der Waals surface area contributed by atoms with E-state index in [1.165, 1.54) is 11.2 Å². The van der Waals surface area contributed by atoms with E-state index in [2.05, 4.69) is 22.5 Å². The second-order valence-corrected chi connectivity index (χ2v) is 8.02. The quantitative estimate of drug-likeness (QED) is 0.285. The van der Waals surface area contributed by atoms with E-state index in [0.717, 1.165) is 29.7 Å². The van der Waals surface area contributed by atoms with Crippen LogP contribution in [0.15, 0.2) is 53.5 Å². The third-order valence-electron chi connectivity index (χ3n) is 5.40. The number of carbonyl (C=O) groups is 1. The van der Waals surface area contributed by atoms with Crippen LogP contribution >= 0.6 is 0 Å². The lowest BCUT2D eigenvalue weighted by Crippen LogP contribution is -2.43. The first-order chi connectivity index (χ1) is 16.3. The van der Waals surface area contributed by atoms with Crippen molar-refractivity contribution in [1.82, 2.24) is 15.5 Å². The molecule has 0 saturated heterocycles. The minimum Gasteiger partial charge on any atom is -0.397 e. The average molecular weight is 467 g/mol. The summed E-state index contributed by atoms with van der Waals surface area (Å²) >= 11 is 0. The van der Waals surface area contributed by atoms with Gasteiger partial charge in [-0.2, -0.15) is 0 Å². The molecule has 0 aromatic heterocycles. The topological polar surface area (TPSA) is 129 Å². The number of aliphatic hydroxyl groups excluding tert-OH is 1. The Balaban J connectivity index is 0.00000199. The standard InChI is InChI=1S/C24H32N6O2.C2H6/c1-16-4-6-18(7-5-16)22-13-24(32)30(15-29-22)14-23(31)28-11-3-10-27-17(2)19-8-9-20(25)21(26)12-19;1-2/h4-9,12-13,15,17,24,27,32H,3,10-11,14,25-26H2,1-2H3,(H,28,31);1-2H3. The number of nitrogens with zero attached hydrogens (tertiary/aromatic N) is 2. The van der Waals surface area contributed by atoms with Gasteiger partial charge in [0, 0.05) is 18.2 Å². The van der Waals surface area contributed by atoms with Crippen molar-refractivity contribution in [3.63, 3.8) is 0 Å². The number of rotatable bonds is 9. The second-order valence-electron chi connectivity index (χ2n) is 8.02. The lowest BCUT2D eigenvalue weighted by molar-refractivity contribution is -0.122. The third kappa shape index (κ3) is 7.90. The summed E-state index contributed by atoms with van der Waals surface area (Å²) < 4.78 is 0. The smallest absolute Gasteiger partial charge is 0.239 e. The second kappa shape index (κ2) is 13.4. The van der Waals surface area contributed by atoms with Gasteiger partial charge in [-0.1, -0.05) is 49.7 Å². The molecular formula is C26H38N6O2. The molecule has 7 N–H and O–H groups in total. The predicted octanol–water partition coefficient (Wildman–Crippen LogP) is 3.05. The van der Waals surface area contributed by atoms with Crippen molar-refractivity contribution >= 4 is 29.3 Å². The van der Waals surface area contributed by atoms with Gasteiger partial charge >= 0.3 is 0 Å². The lowest BCUT2D eigenvalue weighted by atomic mass is 10.1. The lowest BCUT2D eigenvalue weighted by Gasteiger charge is -2.26. The number of hydrogen-bond donors (Lipinski definition) is 5. The van der Waals surface area contributed by atoms with E-state index in [1.807, 2.05) is 57.2 Å². The summed E-state index contributed by atoms with van der Waals surface area (Å²) in [6.07, 6.45) is 3.03. The Bertz CT molecular complexity index is 987. The number of hydrogen-bond acceptors (Lipinski definition) is 7. The van der Waals surface area contributed by atoms with Crippen LogP contribution in [0, 0.1) is 6.92 Å². The molecule has 2 aromatic carbocycles. The Morgan fingerprint density at radius 2 is 1.82 bits per heavy atom. The molecule has 0 aliphatic carbocycles. The van der Waals surface area contributed by atoms with Crippen molar-refractivity contribution < 1.29 is 9.90 Å². The summed E-state index contributed by atoms with van der Waals surface area (Å²) in [5.41, 5.74) is 16.6. The highest BCUT2D eigenvalue weighted by Crippen LogP contribution is 2.21. The van der Waals surface area contributed by atoms with Crippen LogP contribution in [0.1, 0.15) is 49.9 Å². The van der Waals surface area contributed by atoms with Crippen LogP contribution in [0.3, 0.4) is 0 Å². The molecule has 3 rings (SSSR count). The summed E-state index contributed by atoms with van der Waals surface area (Å²) in [6.45, 7) is 9.39. The van der Waals surface area contributed by atoms with Gasteiger partial charge in [-0.15, -0.1) is 0 Å². The Morgan fingerprint density at radius 1 is 1.12 bits per heavy atom. The molecular weight excluding hydrogens is 428 g/mol. The SMILES string of the molecule is CC.Cc1ccc(C2=CC(O)N(CC(=O)NCCCNC(C)c3ccc(N)c(N)c3)C=N2)cc1. The Hall–Kier alpha value is -3.36. The van der Waals surface area contributed by atoms with Gasteiger partial charge in [-0.05, 0) is 50.6 Å². The Morgan fingerprint density at radius 3 is 2.47 bits per heavy atom. The van der Waals surface area contributed by atoms with Crippen LogP contribution in [0.2, 0.25) is 0 Å². The molecule has 34 heavy (non-hydrogen) atoms. The summed E-state index contributed by atoms with van der Waals surface area (Å²) in [4.78, 5) is 18.1. The zero-order valence-corrected chi connectivity index (χ0v) is 20.6. The summed E-state index contributed by atoms with van der Waals surface area (Å²) in [5.74, 6) is -0.165. The highest BCUT2D eigenvalue weighted by atomic mass is 16.3. The number of nitrogen functional groups attached to an aromatic ring is 2. The maximum absolute atomic E-state index is 12.2. The van der Waals surface area contributed by atoms with Gasteiger partial charge in [0.05, 0.1) is 23.4 Å². The summed E-state index contributed by atoms with van der Waals surface area (Å²) in [6, 6.07) is 13.7. The molecule has 1 amide bonds. The first kappa shape index (κ1) is 26.9. The number of aryl methyl sites for hydroxylation is 1. The first-order valence-corrected chi connectivity index (χ1v) is 11.8. The van der Waals surface area contributed by atoms with Gasteiger partial charge in [0.1, 0.15) is 12.8 Å². The highest BCUT2D eigenvalue weighted by molar-refractivity contribution is 5.83. The van der Waals surface area contributed by atoms with Crippen LogP contribution in [0.25, 0.3) is 5.70 Å². The summed E-state index contributed by atoms with van der Waals surface area (Å²) in [5, 5.41) is 16.7. The zero-order chi connectivity index (χ0) is 25.1.